The molecule has 2 nitrogen and oxygen atoms in total. The second-order valence-electron chi connectivity index (χ2n) is 4.41. The fourth-order valence-corrected chi connectivity index (χ4v) is 2.17. The van der Waals surface area contributed by atoms with Gasteiger partial charge in [0.2, 0.25) is 0 Å². The van der Waals surface area contributed by atoms with Crippen LogP contribution in [0, 0.1) is 5.82 Å². The molecular weight excluding hydrogens is 227 g/mol. The van der Waals surface area contributed by atoms with Gasteiger partial charge in [-0.05, 0) is 23.8 Å². The lowest BCUT2D eigenvalue weighted by Crippen LogP contribution is -2.35. The Bertz CT molecular complexity index is 676. The summed E-state index contributed by atoms with van der Waals surface area (Å²) in [4.78, 5) is 6.74. The van der Waals surface area contributed by atoms with E-state index < -0.39 is 0 Å². The maximum absolute atomic E-state index is 12.9. The molecule has 1 atom stereocenters. The van der Waals surface area contributed by atoms with E-state index in [0.717, 1.165) is 16.1 Å². The van der Waals surface area contributed by atoms with E-state index in [1.165, 1.54) is 12.1 Å². The molecule has 0 aromatic heterocycles. The van der Waals surface area contributed by atoms with E-state index in [1.807, 2.05) is 36.2 Å². The van der Waals surface area contributed by atoms with Gasteiger partial charge in [0.25, 0.3) is 0 Å². The minimum absolute atomic E-state index is 0.0829. The van der Waals surface area contributed by atoms with Crippen LogP contribution < -0.4 is 10.6 Å². The Morgan fingerprint density at radius 1 is 1.06 bits per heavy atom. The third-order valence-electron chi connectivity index (χ3n) is 3.09. The van der Waals surface area contributed by atoms with Crippen molar-refractivity contribution in [3.63, 3.8) is 0 Å². The molecule has 3 heteroatoms. The van der Waals surface area contributed by atoms with Crippen LogP contribution in [-0.2, 0) is 0 Å². The second-order valence-corrected chi connectivity index (χ2v) is 4.41. The van der Waals surface area contributed by atoms with Gasteiger partial charge in [0.15, 0.2) is 0 Å². The van der Waals surface area contributed by atoms with E-state index in [9.17, 15) is 4.39 Å². The van der Waals surface area contributed by atoms with Crippen molar-refractivity contribution in [1.29, 1.82) is 0 Å². The molecule has 0 bridgehead atoms. The van der Waals surface area contributed by atoms with Crippen molar-refractivity contribution in [2.75, 3.05) is 7.05 Å². The zero-order valence-corrected chi connectivity index (χ0v) is 10.0. The highest BCUT2D eigenvalue weighted by molar-refractivity contribution is 5.29. The Morgan fingerprint density at radius 2 is 1.78 bits per heavy atom. The molecular formula is C15H13FN2. The smallest absolute Gasteiger partial charge is 0.147 e. The van der Waals surface area contributed by atoms with Gasteiger partial charge >= 0.3 is 0 Å². The molecule has 18 heavy (non-hydrogen) atoms. The first-order valence-corrected chi connectivity index (χ1v) is 5.86. The Morgan fingerprint density at radius 3 is 2.56 bits per heavy atom. The largest absolute Gasteiger partial charge is 0.355 e. The van der Waals surface area contributed by atoms with Crippen molar-refractivity contribution < 1.29 is 4.39 Å². The maximum atomic E-state index is 12.9. The minimum Gasteiger partial charge on any atom is -0.355 e. The van der Waals surface area contributed by atoms with E-state index in [0.29, 0.717) is 0 Å². The summed E-state index contributed by atoms with van der Waals surface area (Å²) in [7, 11) is 1.98. The summed E-state index contributed by atoms with van der Waals surface area (Å²) in [6.07, 6.45) is 1.98. The molecule has 2 aromatic carbocycles. The normalized spacial score (nSPS) is 17.7. The number of benzene rings is 2. The lowest BCUT2D eigenvalue weighted by atomic mass is 10.1. The number of hydrogen-bond acceptors (Lipinski definition) is 2. The fourth-order valence-electron chi connectivity index (χ4n) is 2.17. The number of halogens is 1. The summed E-state index contributed by atoms with van der Waals surface area (Å²) >= 11 is 0. The lowest BCUT2D eigenvalue weighted by molar-refractivity contribution is 0.365. The molecule has 0 fully saturated rings. The van der Waals surface area contributed by atoms with Crippen molar-refractivity contribution in [1.82, 2.24) is 4.90 Å². The van der Waals surface area contributed by atoms with Crippen LogP contribution >= 0.6 is 0 Å². The van der Waals surface area contributed by atoms with Crippen LogP contribution in [0.4, 0.5) is 4.39 Å². The highest BCUT2D eigenvalue weighted by Gasteiger charge is 2.15. The highest BCUT2D eigenvalue weighted by atomic mass is 19.1. The molecule has 1 aliphatic rings. The molecule has 90 valence electrons. The first kappa shape index (κ1) is 11.0. The predicted octanol–water partition coefficient (Wildman–Crippen LogP) is 1.83. The molecule has 0 radical (unpaired) electrons. The van der Waals surface area contributed by atoms with E-state index in [2.05, 4.69) is 6.20 Å². The van der Waals surface area contributed by atoms with Crippen molar-refractivity contribution in [3.8, 4) is 0 Å². The van der Waals surface area contributed by atoms with Crippen molar-refractivity contribution >= 4 is 6.20 Å². The summed E-state index contributed by atoms with van der Waals surface area (Å²) in [5, 5.41) is 2.09. The summed E-state index contributed by atoms with van der Waals surface area (Å²) in [5.74, 6) is -0.221. The van der Waals surface area contributed by atoms with Gasteiger partial charge in [0.05, 0.1) is 5.36 Å². The number of para-hydroxylation sites is 1. The van der Waals surface area contributed by atoms with Gasteiger partial charge in [0.1, 0.15) is 12.0 Å². The Labute approximate surface area is 105 Å². The average Bonchev–Trinajstić information content (AvgIpc) is 2.39. The third kappa shape index (κ3) is 1.88. The van der Waals surface area contributed by atoms with Crippen molar-refractivity contribution in [2.45, 2.75) is 6.17 Å². The molecule has 3 rings (SSSR count). The van der Waals surface area contributed by atoms with Crippen LogP contribution in [0.3, 0.4) is 0 Å². The molecule has 0 saturated heterocycles. The summed E-state index contributed by atoms with van der Waals surface area (Å²) in [5.41, 5.74) is 0.990. The van der Waals surface area contributed by atoms with Gasteiger partial charge in [-0.25, -0.2) is 4.39 Å². The minimum atomic E-state index is -0.221. The molecule has 0 spiro atoms. The Kier molecular flexibility index (Phi) is 2.59. The highest BCUT2D eigenvalue weighted by Crippen LogP contribution is 2.21. The summed E-state index contributed by atoms with van der Waals surface area (Å²) in [6.45, 7) is 0. The lowest BCUT2D eigenvalue weighted by Gasteiger charge is -2.26. The summed E-state index contributed by atoms with van der Waals surface area (Å²) < 4.78 is 12.9. The van der Waals surface area contributed by atoms with Crippen LogP contribution in [0.25, 0.3) is 6.20 Å². The predicted molar refractivity (Wildman–Crippen MR) is 68.6 cm³/mol. The van der Waals surface area contributed by atoms with Crippen LogP contribution in [0.2, 0.25) is 0 Å². The zero-order chi connectivity index (χ0) is 12.5. The summed E-state index contributed by atoms with van der Waals surface area (Å²) in [6, 6.07) is 14.5. The number of nitrogens with zero attached hydrogens (tertiary/aromatic N) is 2. The third-order valence-corrected chi connectivity index (χ3v) is 3.09. The Hall–Kier alpha value is -2.16. The number of rotatable bonds is 1. The Balaban J connectivity index is 2.10. The van der Waals surface area contributed by atoms with E-state index in [-0.39, 0.29) is 12.0 Å². The van der Waals surface area contributed by atoms with Crippen molar-refractivity contribution in [3.05, 3.63) is 70.5 Å². The maximum Gasteiger partial charge on any atom is 0.147 e. The molecule has 0 N–H and O–H groups in total. The number of fused-ring (bicyclic) bond motifs is 1. The van der Waals surface area contributed by atoms with Gasteiger partial charge in [-0.2, -0.15) is 0 Å². The average molecular weight is 240 g/mol. The van der Waals surface area contributed by atoms with Gasteiger partial charge < -0.3 is 4.90 Å². The first-order valence-electron chi connectivity index (χ1n) is 5.86. The van der Waals surface area contributed by atoms with Crippen LogP contribution in [0.15, 0.2) is 53.5 Å². The van der Waals surface area contributed by atoms with Crippen LogP contribution in [0.5, 0.6) is 0 Å². The molecule has 1 aliphatic heterocycles. The molecule has 0 saturated carbocycles. The van der Waals surface area contributed by atoms with E-state index in [4.69, 9.17) is 4.99 Å². The quantitative estimate of drug-likeness (QED) is 0.742. The molecule has 0 amide bonds. The first-order chi connectivity index (χ1) is 8.74. The van der Waals surface area contributed by atoms with Gasteiger partial charge in [-0.15, -0.1) is 0 Å². The topological polar surface area (TPSA) is 15.6 Å². The van der Waals surface area contributed by atoms with E-state index in [1.54, 1.807) is 12.1 Å². The monoisotopic (exact) mass is 240 g/mol. The fraction of sp³-hybridized carbons (Fsp3) is 0.133. The van der Waals surface area contributed by atoms with E-state index >= 15 is 0 Å². The SMILES string of the molecule is CN1C=c2ccccc2=NC1c1ccc(F)cc1. The van der Waals surface area contributed by atoms with Gasteiger partial charge in [0, 0.05) is 18.5 Å². The zero-order valence-electron chi connectivity index (χ0n) is 10.0. The molecule has 1 unspecified atom stereocenters. The molecule has 2 aromatic rings. The van der Waals surface area contributed by atoms with Gasteiger partial charge in [-0.3, -0.25) is 4.99 Å². The molecule has 1 heterocycles. The number of hydrogen-bond donors (Lipinski definition) is 0. The van der Waals surface area contributed by atoms with Crippen LogP contribution in [0.1, 0.15) is 11.7 Å². The second kappa shape index (κ2) is 4.26. The van der Waals surface area contributed by atoms with Crippen LogP contribution in [-0.4, -0.2) is 11.9 Å². The standard InChI is InChI=1S/C15H13FN2/c1-18-10-12-4-2-3-5-14(12)17-15(18)11-6-8-13(16)9-7-11/h2-10,15H,1H3. The van der Waals surface area contributed by atoms with Crippen molar-refractivity contribution in [2.24, 2.45) is 4.99 Å². The van der Waals surface area contributed by atoms with Gasteiger partial charge in [-0.1, -0.05) is 30.3 Å². The molecule has 0 aliphatic carbocycles.